The summed E-state index contributed by atoms with van der Waals surface area (Å²) in [4.78, 5) is 26.1. The number of carbonyl (C=O) groups excluding carboxylic acids is 1. The van der Waals surface area contributed by atoms with E-state index in [1.807, 2.05) is 36.5 Å². The highest BCUT2D eigenvalue weighted by molar-refractivity contribution is 5.83. The maximum atomic E-state index is 13.5. The highest BCUT2D eigenvalue weighted by Crippen LogP contribution is 2.40. The molecular weight excluding hydrogens is 369 g/mol. The summed E-state index contributed by atoms with van der Waals surface area (Å²) in [6.45, 7) is 0.615. The molecule has 2 fully saturated rings. The molecule has 0 radical (unpaired) electrons. The van der Waals surface area contributed by atoms with Crippen molar-refractivity contribution in [1.29, 1.82) is 0 Å². The molecule has 2 heterocycles. The van der Waals surface area contributed by atoms with Crippen LogP contribution < -0.4 is 11.3 Å². The Labute approximate surface area is 170 Å². The molecule has 4 rings (SSSR count). The van der Waals surface area contributed by atoms with Crippen LogP contribution in [-0.2, 0) is 11.8 Å². The van der Waals surface area contributed by atoms with Crippen LogP contribution in [0.25, 0.3) is 11.1 Å². The van der Waals surface area contributed by atoms with Crippen LogP contribution in [0.3, 0.4) is 0 Å². The molecule has 0 spiro atoms. The number of hydrogen-bond donors (Lipinski definition) is 1. The number of hydrogen-bond acceptors (Lipinski definition) is 3. The van der Waals surface area contributed by atoms with E-state index in [0.717, 1.165) is 23.1 Å². The Kier molecular flexibility index (Phi) is 5.54. The van der Waals surface area contributed by atoms with Crippen molar-refractivity contribution in [2.75, 3.05) is 13.1 Å². The van der Waals surface area contributed by atoms with E-state index in [2.05, 4.69) is 0 Å². The van der Waals surface area contributed by atoms with Gasteiger partial charge in [-0.1, -0.05) is 37.1 Å². The first kappa shape index (κ1) is 19.8. The number of nitrogens with two attached hydrogens (primary N) is 1. The fourth-order valence-corrected chi connectivity index (χ4v) is 4.19. The summed E-state index contributed by atoms with van der Waals surface area (Å²) in [5.41, 5.74) is 9.40. The van der Waals surface area contributed by atoms with Crippen LogP contribution in [0.4, 0.5) is 4.39 Å². The minimum atomic E-state index is -0.936. The summed E-state index contributed by atoms with van der Waals surface area (Å²) >= 11 is 0. The molecule has 1 aliphatic heterocycles. The smallest absolute Gasteiger partial charge is 0.250 e. The lowest BCUT2D eigenvalue weighted by Gasteiger charge is -2.27. The molecule has 1 amide bonds. The van der Waals surface area contributed by atoms with Crippen molar-refractivity contribution in [2.24, 2.45) is 18.7 Å². The second kappa shape index (κ2) is 8.11. The van der Waals surface area contributed by atoms with E-state index < -0.39 is 12.2 Å². The molecule has 1 saturated carbocycles. The Morgan fingerprint density at radius 3 is 2.41 bits per heavy atom. The van der Waals surface area contributed by atoms with Gasteiger partial charge in [0.1, 0.15) is 6.17 Å². The molecule has 0 unspecified atom stereocenters. The van der Waals surface area contributed by atoms with Gasteiger partial charge in [0.2, 0.25) is 11.5 Å². The Bertz CT molecular complexity index is 936. The lowest BCUT2D eigenvalue weighted by molar-refractivity contribution is -0.132. The second-order valence-corrected chi connectivity index (χ2v) is 8.47. The monoisotopic (exact) mass is 397 g/mol. The molecule has 154 valence electrons. The minimum absolute atomic E-state index is 0.0446. The first-order valence-corrected chi connectivity index (χ1v) is 10.4. The van der Waals surface area contributed by atoms with Gasteiger partial charge in [0.25, 0.3) is 0 Å². The second-order valence-electron chi connectivity index (χ2n) is 8.47. The molecule has 1 aromatic heterocycles. The predicted molar refractivity (Wildman–Crippen MR) is 111 cm³/mol. The minimum Gasteiger partial charge on any atom is -0.338 e. The molecule has 0 bridgehead atoms. The topological polar surface area (TPSA) is 68.3 Å². The largest absolute Gasteiger partial charge is 0.338 e. The van der Waals surface area contributed by atoms with Crippen LogP contribution in [0, 0.1) is 5.92 Å². The maximum absolute atomic E-state index is 13.5. The lowest BCUT2D eigenvalue weighted by atomic mass is 9.85. The maximum Gasteiger partial charge on any atom is 0.250 e. The van der Waals surface area contributed by atoms with Gasteiger partial charge in [-0.15, -0.1) is 0 Å². The highest BCUT2D eigenvalue weighted by Gasteiger charge is 2.36. The average molecular weight is 397 g/mol. The van der Waals surface area contributed by atoms with E-state index >= 15 is 0 Å². The highest BCUT2D eigenvalue weighted by atomic mass is 19.1. The normalized spacial score (nSPS) is 21.2. The molecule has 5 nitrogen and oxygen atoms in total. The fourth-order valence-electron chi connectivity index (χ4n) is 4.19. The van der Waals surface area contributed by atoms with Gasteiger partial charge in [0.15, 0.2) is 0 Å². The Morgan fingerprint density at radius 1 is 1.14 bits per heavy atom. The third kappa shape index (κ3) is 4.42. The van der Waals surface area contributed by atoms with Gasteiger partial charge in [-0.3, -0.25) is 9.59 Å². The number of carbonyl (C=O) groups is 1. The van der Waals surface area contributed by atoms with Crippen molar-refractivity contribution >= 4 is 5.91 Å². The summed E-state index contributed by atoms with van der Waals surface area (Å²) in [5, 5.41) is 0. The number of aromatic nitrogens is 1. The SMILES string of the molecule is Cn1cc(-c2ccc([C@H](CC3CC3)[C@H](N)C(=O)N3CC[C@H](F)C3)cc2)ccc1=O. The van der Waals surface area contributed by atoms with Gasteiger partial charge in [-0.25, -0.2) is 4.39 Å². The third-order valence-corrected chi connectivity index (χ3v) is 6.20. The number of likely N-dealkylation sites (tertiary alicyclic amines) is 1. The quantitative estimate of drug-likeness (QED) is 0.815. The number of rotatable bonds is 6. The van der Waals surface area contributed by atoms with E-state index in [1.54, 1.807) is 22.6 Å². The van der Waals surface area contributed by atoms with E-state index in [9.17, 15) is 14.0 Å². The standard InChI is InChI=1S/C23H28FN3O2/c1-26-13-18(8-9-21(26)28)16-4-6-17(7-5-16)20(12-15-2-3-15)22(25)23(29)27-11-10-19(24)14-27/h4-9,13,15,19-20,22H,2-3,10-12,14,25H2,1H3/t19-,20-,22-/m0/s1. The first-order valence-electron chi connectivity index (χ1n) is 10.4. The van der Waals surface area contributed by atoms with E-state index in [1.165, 1.54) is 12.8 Å². The molecule has 1 aromatic carbocycles. The van der Waals surface area contributed by atoms with Crippen molar-refractivity contribution < 1.29 is 9.18 Å². The third-order valence-electron chi connectivity index (χ3n) is 6.20. The Morgan fingerprint density at radius 2 is 1.83 bits per heavy atom. The van der Waals surface area contributed by atoms with Crippen molar-refractivity contribution in [3.63, 3.8) is 0 Å². The van der Waals surface area contributed by atoms with Gasteiger partial charge in [0, 0.05) is 31.8 Å². The summed E-state index contributed by atoms with van der Waals surface area (Å²) in [7, 11) is 1.73. The molecule has 1 aliphatic carbocycles. The van der Waals surface area contributed by atoms with Gasteiger partial charge in [-0.05, 0) is 41.5 Å². The van der Waals surface area contributed by atoms with Gasteiger partial charge in [0.05, 0.1) is 12.6 Å². The molecule has 29 heavy (non-hydrogen) atoms. The van der Waals surface area contributed by atoms with E-state index in [0.29, 0.717) is 18.9 Å². The number of nitrogens with zero attached hydrogens (tertiary/aromatic N) is 2. The molecule has 2 N–H and O–H groups in total. The zero-order chi connectivity index (χ0) is 20.5. The van der Waals surface area contributed by atoms with Crippen molar-refractivity contribution in [3.8, 4) is 11.1 Å². The summed E-state index contributed by atoms with van der Waals surface area (Å²) in [6, 6.07) is 10.8. The van der Waals surface area contributed by atoms with Crippen molar-refractivity contribution in [2.45, 2.75) is 43.8 Å². The summed E-state index contributed by atoms with van der Waals surface area (Å²) < 4.78 is 15.1. The van der Waals surface area contributed by atoms with Crippen molar-refractivity contribution in [3.05, 3.63) is 58.5 Å². The number of alkyl halides is 1. The molecule has 1 saturated heterocycles. The van der Waals surface area contributed by atoms with E-state index in [-0.39, 0.29) is 23.9 Å². The fraction of sp³-hybridized carbons (Fsp3) is 0.478. The molecule has 2 aliphatic rings. The average Bonchev–Trinajstić information content (AvgIpc) is 3.45. The van der Waals surface area contributed by atoms with Gasteiger partial charge < -0.3 is 15.2 Å². The number of amides is 1. The molecule has 2 aromatic rings. The molecular formula is C23H28FN3O2. The number of benzene rings is 1. The zero-order valence-corrected chi connectivity index (χ0v) is 16.8. The number of aryl methyl sites for hydroxylation is 1. The van der Waals surface area contributed by atoms with Crippen LogP contribution in [0.15, 0.2) is 47.4 Å². The zero-order valence-electron chi connectivity index (χ0n) is 16.8. The Hall–Kier alpha value is -2.47. The molecule has 6 heteroatoms. The lowest BCUT2D eigenvalue weighted by Crippen LogP contribution is -2.46. The van der Waals surface area contributed by atoms with Crippen LogP contribution in [0.5, 0.6) is 0 Å². The van der Waals surface area contributed by atoms with Crippen LogP contribution in [-0.4, -0.2) is 40.7 Å². The Balaban J connectivity index is 1.55. The first-order chi connectivity index (χ1) is 13.9. The van der Waals surface area contributed by atoms with Crippen LogP contribution in [0.2, 0.25) is 0 Å². The molecule has 3 atom stereocenters. The van der Waals surface area contributed by atoms with Crippen LogP contribution in [0.1, 0.15) is 37.2 Å². The van der Waals surface area contributed by atoms with Crippen LogP contribution >= 0.6 is 0 Å². The number of halogens is 1. The predicted octanol–water partition coefficient (Wildman–Crippen LogP) is 2.83. The summed E-state index contributed by atoms with van der Waals surface area (Å²) in [5.74, 6) is 0.412. The van der Waals surface area contributed by atoms with E-state index in [4.69, 9.17) is 5.73 Å². The van der Waals surface area contributed by atoms with Crippen molar-refractivity contribution in [1.82, 2.24) is 9.47 Å². The van der Waals surface area contributed by atoms with Gasteiger partial charge >= 0.3 is 0 Å². The van der Waals surface area contributed by atoms with Gasteiger partial charge in [-0.2, -0.15) is 0 Å². The number of pyridine rings is 1. The summed E-state index contributed by atoms with van der Waals surface area (Å²) in [6.07, 6.45) is 4.54.